The van der Waals surface area contributed by atoms with Gasteiger partial charge in [-0.3, -0.25) is 0 Å². The molecule has 90 valence electrons. The lowest BCUT2D eigenvalue weighted by Crippen LogP contribution is -2.19. The Morgan fingerprint density at radius 3 is 2.50 bits per heavy atom. The average Bonchev–Trinajstić information content (AvgIpc) is 2.50. The van der Waals surface area contributed by atoms with Crippen LogP contribution in [0.25, 0.3) is 0 Å². The Morgan fingerprint density at radius 2 is 2.00 bits per heavy atom. The molecule has 1 aliphatic carbocycles. The van der Waals surface area contributed by atoms with Crippen molar-refractivity contribution in [3.63, 3.8) is 0 Å². The number of anilines is 1. The second kappa shape index (κ2) is 4.66. The Labute approximate surface area is 102 Å². The molecule has 1 aromatic rings. The quantitative estimate of drug-likeness (QED) is 0.864. The van der Waals surface area contributed by atoms with E-state index < -0.39 is 0 Å². The number of rotatable bonds is 2. The van der Waals surface area contributed by atoms with E-state index in [1.165, 1.54) is 25.7 Å². The van der Waals surface area contributed by atoms with Crippen LogP contribution in [0.2, 0.25) is 5.02 Å². The van der Waals surface area contributed by atoms with Crippen LogP contribution in [-0.4, -0.2) is 9.78 Å². The van der Waals surface area contributed by atoms with Crippen LogP contribution in [0.1, 0.15) is 38.3 Å². The lowest BCUT2D eigenvalue weighted by molar-refractivity contribution is 0.259. The van der Waals surface area contributed by atoms with E-state index in [9.17, 15) is 0 Å². The van der Waals surface area contributed by atoms with Crippen LogP contribution in [-0.2, 0) is 6.54 Å². The highest BCUT2D eigenvalue weighted by atomic mass is 35.5. The van der Waals surface area contributed by atoms with Gasteiger partial charge in [-0.2, -0.15) is 5.10 Å². The fourth-order valence-corrected chi connectivity index (χ4v) is 2.61. The van der Waals surface area contributed by atoms with Crippen LogP contribution in [0.4, 0.5) is 5.82 Å². The van der Waals surface area contributed by atoms with E-state index in [2.05, 4.69) is 12.0 Å². The van der Waals surface area contributed by atoms with Crippen molar-refractivity contribution >= 4 is 17.4 Å². The van der Waals surface area contributed by atoms with E-state index in [0.29, 0.717) is 16.8 Å². The summed E-state index contributed by atoms with van der Waals surface area (Å²) in [5.41, 5.74) is 6.75. The summed E-state index contributed by atoms with van der Waals surface area (Å²) in [5, 5.41) is 5.00. The first-order valence-corrected chi connectivity index (χ1v) is 6.44. The third-order valence-electron chi connectivity index (χ3n) is 3.66. The van der Waals surface area contributed by atoms with E-state index in [1.807, 2.05) is 11.6 Å². The van der Waals surface area contributed by atoms with Crippen LogP contribution in [0.15, 0.2) is 0 Å². The summed E-state index contributed by atoms with van der Waals surface area (Å²) in [4.78, 5) is 0. The second-order valence-electron chi connectivity index (χ2n) is 5.09. The smallest absolute Gasteiger partial charge is 0.140 e. The summed E-state index contributed by atoms with van der Waals surface area (Å²) < 4.78 is 1.87. The first-order valence-electron chi connectivity index (χ1n) is 6.06. The fraction of sp³-hybridized carbons (Fsp3) is 0.750. The Kier molecular flexibility index (Phi) is 3.43. The number of hydrogen-bond acceptors (Lipinski definition) is 2. The van der Waals surface area contributed by atoms with Crippen molar-refractivity contribution in [1.82, 2.24) is 9.78 Å². The van der Waals surface area contributed by atoms with Gasteiger partial charge in [0.25, 0.3) is 0 Å². The zero-order chi connectivity index (χ0) is 11.7. The van der Waals surface area contributed by atoms with Crippen molar-refractivity contribution in [1.29, 1.82) is 0 Å². The Balaban J connectivity index is 2.01. The van der Waals surface area contributed by atoms with Crippen molar-refractivity contribution in [3.05, 3.63) is 10.7 Å². The van der Waals surface area contributed by atoms with Crippen LogP contribution < -0.4 is 5.73 Å². The van der Waals surface area contributed by atoms with Gasteiger partial charge in [0.05, 0.1) is 5.69 Å². The van der Waals surface area contributed by atoms with Crippen molar-refractivity contribution in [2.45, 2.75) is 46.1 Å². The standard InChI is InChI=1S/C12H20ClN3/c1-8-3-5-10(6-4-8)7-16-12(14)11(13)9(2)15-16/h8,10H,3-7,14H2,1-2H3. The number of nitrogen functional groups attached to an aromatic ring is 1. The summed E-state index contributed by atoms with van der Waals surface area (Å²) >= 11 is 6.03. The van der Waals surface area contributed by atoms with Crippen molar-refractivity contribution < 1.29 is 0 Å². The molecule has 0 aromatic carbocycles. The van der Waals surface area contributed by atoms with Gasteiger partial charge in [-0.25, -0.2) is 4.68 Å². The van der Waals surface area contributed by atoms with E-state index in [4.69, 9.17) is 17.3 Å². The highest BCUT2D eigenvalue weighted by molar-refractivity contribution is 6.33. The van der Waals surface area contributed by atoms with Gasteiger partial charge in [0, 0.05) is 6.54 Å². The maximum atomic E-state index is 6.03. The predicted octanol–water partition coefficient (Wildman–Crippen LogP) is 3.25. The van der Waals surface area contributed by atoms with Gasteiger partial charge < -0.3 is 5.73 Å². The molecule has 16 heavy (non-hydrogen) atoms. The third-order valence-corrected chi connectivity index (χ3v) is 4.13. The van der Waals surface area contributed by atoms with E-state index in [-0.39, 0.29) is 0 Å². The topological polar surface area (TPSA) is 43.8 Å². The molecule has 2 N–H and O–H groups in total. The molecule has 3 nitrogen and oxygen atoms in total. The number of aromatic nitrogens is 2. The minimum absolute atomic E-state index is 0.615. The molecule has 0 radical (unpaired) electrons. The van der Waals surface area contributed by atoms with Crippen molar-refractivity contribution in [2.75, 3.05) is 5.73 Å². The van der Waals surface area contributed by atoms with Crippen molar-refractivity contribution in [2.24, 2.45) is 11.8 Å². The Bertz CT molecular complexity index is 365. The Morgan fingerprint density at radius 1 is 1.38 bits per heavy atom. The maximum Gasteiger partial charge on any atom is 0.140 e. The maximum absolute atomic E-state index is 6.03. The summed E-state index contributed by atoms with van der Waals surface area (Å²) in [6.07, 6.45) is 5.24. The molecule has 0 spiro atoms. The number of aryl methyl sites for hydroxylation is 1. The minimum Gasteiger partial charge on any atom is -0.383 e. The number of halogens is 1. The number of nitrogens with two attached hydrogens (primary N) is 1. The highest BCUT2D eigenvalue weighted by Crippen LogP contribution is 2.31. The summed E-state index contributed by atoms with van der Waals surface area (Å²) in [6, 6.07) is 0. The van der Waals surface area contributed by atoms with E-state index in [1.54, 1.807) is 0 Å². The van der Waals surface area contributed by atoms with Gasteiger partial charge >= 0.3 is 0 Å². The molecule has 0 bridgehead atoms. The molecular formula is C12H20ClN3. The number of hydrogen-bond donors (Lipinski definition) is 1. The minimum atomic E-state index is 0.615. The van der Waals surface area contributed by atoms with Crippen LogP contribution in [0.5, 0.6) is 0 Å². The molecule has 0 unspecified atom stereocenters. The van der Waals surface area contributed by atoms with Crippen LogP contribution in [0.3, 0.4) is 0 Å². The normalized spacial score (nSPS) is 25.9. The summed E-state index contributed by atoms with van der Waals surface area (Å²) in [6.45, 7) is 5.16. The monoisotopic (exact) mass is 241 g/mol. The highest BCUT2D eigenvalue weighted by Gasteiger charge is 2.20. The zero-order valence-corrected chi connectivity index (χ0v) is 10.8. The molecule has 1 aliphatic rings. The molecule has 0 aliphatic heterocycles. The van der Waals surface area contributed by atoms with Gasteiger partial charge in [-0.15, -0.1) is 0 Å². The first-order chi connectivity index (χ1) is 7.58. The second-order valence-corrected chi connectivity index (χ2v) is 5.47. The SMILES string of the molecule is Cc1nn(CC2CCC(C)CC2)c(N)c1Cl. The first kappa shape index (κ1) is 11.8. The third kappa shape index (κ3) is 2.34. The zero-order valence-electron chi connectivity index (χ0n) is 10.0. The Hall–Kier alpha value is -0.700. The van der Waals surface area contributed by atoms with Gasteiger partial charge in [-0.05, 0) is 31.6 Å². The van der Waals surface area contributed by atoms with Gasteiger partial charge in [0.15, 0.2) is 0 Å². The molecule has 0 amide bonds. The lowest BCUT2D eigenvalue weighted by atomic mass is 9.83. The van der Waals surface area contributed by atoms with Crippen LogP contribution >= 0.6 is 11.6 Å². The lowest BCUT2D eigenvalue weighted by Gasteiger charge is -2.26. The van der Waals surface area contributed by atoms with Crippen LogP contribution in [0, 0.1) is 18.8 Å². The van der Waals surface area contributed by atoms with Gasteiger partial charge in [-0.1, -0.05) is 31.4 Å². The summed E-state index contributed by atoms with van der Waals surface area (Å²) in [7, 11) is 0. The fourth-order valence-electron chi connectivity index (χ4n) is 2.47. The molecule has 0 saturated heterocycles. The number of nitrogens with zero attached hydrogens (tertiary/aromatic N) is 2. The van der Waals surface area contributed by atoms with Gasteiger partial charge in [0.1, 0.15) is 10.8 Å². The molecule has 4 heteroatoms. The molecule has 1 aromatic heterocycles. The van der Waals surface area contributed by atoms with E-state index >= 15 is 0 Å². The molecule has 1 saturated carbocycles. The molecular weight excluding hydrogens is 222 g/mol. The van der Waals surface area contributed by atoms with Gasteiger partial charge in [0.2, 0.25) is 0 Å². The largest absolute Gasteiger partial charge is 0.383 e. The molecule has 0 atom stereocenters. The molecule has 2 rings (SSSR count). The summed E-state index contributed by atoms with van der Waals surface area (Å²) in [5.74, 6) is 2.23. The average molecular weight is 242 g/mol. The van der Waals surface area contributed by atoms with Crippen molar-refractivity contribution in [3.8, 4) is 0 Å². The predicted molar refractivity (Wildman–Crippen MR) is 67.5 cm³/mol. The molecule has 1 heterocycles. The molecule has 1 fully saturated rings. The van der Waals surface area contributed by atoms with E-state index in [0.717, 1.165) is 18.2 Å².